The molecule has 11 heteroatoms. The maximum atomic E-state index is 12.5. The molecule has 0 saturated carbocycles. The third-order valence-electron chi connectivity index (χ3n) is 3.74. The molecule has 0 saturated heterocycles. The van der Waals surface area contributed by atoms with Crippen LogP contribution >= 0.6 is 0 Å². The summed E-state index contributed by atoms with van der Waals surface area (Å²) in [6.45, 7) is 1.43. The number of fused-ring (bicyclic) bond motifs is 1. The molecule has 0 amide bonds. The van der Waals surface area contributed by atoms with E-state index in [1.54, 1.807) is 16.9 Å². The van der Waals surface area contributed by atoms with Crippen LogP contribution in [0.1, 0.15) is 12.1 Å². The van der Waals surface area contributed by atoms with Crippen molar-refractivity contribution in [1.29, 1.82) is 0 Å². The fourth-order valence-electron chi connectivity index (χ4n) is 2.53. The molecule has 0 fully saturated rings. The van der Waals surface area contributed by atoms with Crippen molar-refractivity contribution in [3.63, 3.8) is 0 Å². The molecule has 0 aromatic carbocycles. The van der Waals surface area contributed by atoms with Crippen molar-refractivity contribution in [3.05, 3.63) is 18.0 Å². The predicted molar refractivity (Wildman–Crippen MR) is 86.2 cm³/mol. The van der Waals surface area contributed by atoms with Crippen molar-refractivity contribution in [1.82, 2.24) is 23.1 Å². The summed E-state index contributed by atoms with van der Waals surface area (Å²) in [5, 5.41) is 4.23. The molecule has 1 aromatic heterocycles. The van der Waals surface area contributed by atoms with E-state index in [4.69, 9.17) is 0 Å². The zero-order chi connectivity index (χ0) is 17.3. The first kappa shape index (κ1) is 18.3. The second kappa shape index (κ2) is 6.85. The molecule has 1 atom stereocenters. The summed E-state index contributed by atoms with van der Waals surface area (Å²) in [4.78, 5) is 0. The first-order chi connectivity index (χ1) is 10.6. The Labute approximate surface area is 137 Å². The van der Waals surface area contributed by atoms with Gasteiger partial charge in [0.1, 0.15) is 0 Å². The molecule has 0 radical (unpaired) electrons. The Kier molecular flexibility index (Phi) is 5.46. The topological polar surface area (TPSA) is 105 Å². The van der Waals surface area contributed by atoms with E-state index in [1.165, 1.54) is 22.7 Å². The van der Waals surface area contributed by atoms with Gasteiger partial charge in [-0.05, 0) is 18.4 Å². The van der Waals surface area contributed by atoms with Gasteiger partial charge in [0.15, 0.2) is 0 Å². The van der Waals surface area contributed by atoms with Gasteiger partial charge in [-0.15, -0.1) is 0 Å². The lowest BCUT2D eigenvalue weighted by atomic mass is 10.1. The fourth-order valence-corrected chi connectivity index (χ4v) is 4.18. The summed E-state index contributed by atoms with van der Waals surface area (Å²) in [7, 11) is -3.80. The molecule has 132 valence electrons. The highest BCUT2D eigenvalue weighted by Crippen LogP contribution is 2.21. The number of hydrogen-bond acceptors (Lipinski definition) is 5. The second-order valence-corrected chi connectivity index (χ2v) is 9.88. The van der Waals surface area contributed by atoms with Crippen LogP contribution in [0.3, 0.4) is 0 Å². The van der Waals surface area contributed by atoms with Gasteiger partial charge < -0.3 is 0 Å². The molecule has 0 aliphatic carbocycles. The van der Waals surface area contributed by atoms with Crippen molar-refractivity contribution in [2.45, 2.75) is 19.5 Å². The smallest absolute Gasteiger partial charge is 0.268 e. The minimum atomic E-state index is -3.54. The van der Waals surface area contributed by atoms with Gasteiger partial charge in [-0.2, -0.15) is 22.1 Å². The molecule has 9 nitrogen and oxygen atoms in total. The number of rotatable bonds is 6. The Morgan fingerprint density at radius 1 is 1.30 bits per heavy atom. The zero-order valence-electron chi connectivity index (χ0n) is 13.5. The van der Waals surface area contributed by atoms with Gasteiger partial charge in [0.05, 0.1) is 18.5 Å². The van der Waals surface area contributed by atoms with E-state index in [2.05, 4.69) is 9.82 Å². The average molecular weight is 365 g/mol. The van der Waals surface area contributed by atoms with Gasteiger partial charge in [0.2, 0.25) is 10.0 Å². The molecule has 1 aliphatic rings. The van der Waals surface area contributed by atoms with Crippen molar-refractivity contribution in [2.24, 2.45) is 5.92 Å². The highest BCUT2D eigenvalue weighted by atomic mass is 32.2. The molecule has 23 heavy (non-hydrogen) atoms. The maximum Gasteiger partial charge on any atom is 0.281 e. The third-order valence-corrected chi connectivity index (χ3v) is 6.32. The SMILES string of the molecule is CN(C)S(=O)(=O)N1Cc2ccnn2CC(CCNS(C)(=O)=O)C1. The first-order valence-corrected chi connectivity index (χ1v) is 10.5. The van der Waals surface area contributed by atoms with E-state index in [1.807, 2.05) is 0 Å². The van der Waals surface area contributed by atoms with Crippen molar-refractivity contribution in [2.75, 3.05) is 33.4 Å². The van der Waals surface area contributed by atoms with Gasteiger partial charge in [-0.3, -0.25) is 4.68 Å². The summed E-state index contributed by atoms with van der Waals surface area (Å²) < 4.78 is 54.1. The Morgan fingerprint density at radius 3 is 2.61 bits per heavy atom. The summed E-state index contributed by atoms with van der Waals surface area (Å²) in [5.74, 6) is -0.0277. The minimum absolute atomic E-state index is 0.0277. The van der Waals surface area contributed by atoms with Crippen LogP contribution in [0.25, 0.3) is 0 Å². The van der Waals surface area contributed by atoms with Crippen LogP contribution in [0.2, 0.25) is 0 Å². The monoisotopic (exact) mass is 365 g/mol. The largest absolute Gasteiger partial charge is 0.281 e. The van der Waals surface area contributed by atoms with Gasteiger partial charge in [0.25, 0.3) is 10.2 Å². The van der Waals surface area contributed by atoms with Crippen LogP contribution in [0.5, 0.6) is 0 Å². The van der Waals surface area contributed by atoms with Gasteiger partial charge in [-0.25, -0.2) is 13.1 Å². The van der Waals surface area contributed by atoms with Gasteiger partial charge in [0, 0.05) is 39.9 Å². The lowest BCUT2D eigenvalue weighted by Gasteiger charge is -2.26. The van der Waals surface area contributed by atoms with E-state index < -0.39 is 20.2 Å². The summed E-state index contributed by atoms with van der Waals surface area (Å²) in [6, 6.07) is 1.80. The van der Waals surface area contributed by atoms with Crippen LogP contribution in [0, 0.1) is 5.92 Å². The molecule has 0 bridgehead atoms. The Morgan fingerprint density at radius 2 is 2.00 bits per heavy atom. The van der Waals surface area contributed by atoms with E-state index in [0.29, 0.717) is 19.5 Å². The van der Waals surface area contributed by atoms with Crippen molar-refractivity contribution < 1.29 is 16.8 Å². The first-order valence-electron chi connectivity index (χ1n) is 7.22. The molecule has 2 rings (SSSR count). The minimum Gasteiger partial charge on any atom is -0.268 e. The van der Waals surface area contributed by atoms with Gasteiger partial charge >= 0.3 is 0 Å². The number of nitrogens with one attached hydrogen (secondary N) is 1. The maximum absolute atomic E-state index is 12.5. The molecule has 1 aliphatic heterocycles. The third kappa shape index (κ3) is 4.73. The molecule has 1 N–H and O–H groups in total. The molecule has 0 spiro atoms. The molecule has 2 heterocycles. The van der Waals surface area contributed by atoms with Crippen molar-refractivity contribution >= 4 is 20.2 Å². The van der Waals surface area contributed by atoms with Gasteiger partial charge in [-0.1, -0.05) is 0 Å². The van der Waals surface area contributed by atoms with E-state index in [-0.39, 0.29) is 19.0 Å². The standard InChI is InChI=1S/C12H23N5O4S2/c1-15(2)23(20,21)16-8-11(4-7-14-22(3,18)19)9-17-12(10-16)5-6-13-17/h5-6,11,14H,4,7-10H2,1-3H3. The summed E-state index contributed by atoms with van der Waals surface area (Å²) in [6.07, 6.45) is 3.28. The quantitative estimate of drug-likeness (QED) is 0.701. The highest BCUT2D eigenvalue weighted by molar-refractivity contribution is 7.88. The molecule has 1 unspecified atom stereocenters. The van der Waals surface area contributed by atoms with E-state index >= 15 is 0 Å². The second-order valence-electron chi connectivity index (χ2n) is 5.91. The molecular weight excluding hydrogens is 342 g/mol. The van der Waals surface area contributed by atoms with Crippen molar-refractivity contribution in [3.8, 4) is 0 Å². The van der Waals surface area contributed by atoms with Crippen LogP contribution in [0.15, 0.2) is 12.3 Å². The molecular formula is C12H23N5O4S2. The Hall–Kier alpha value is -1.01. The molecule has 1 aromatic rings. The normalized spacial score (nSPS) is 20.4. The highest BCUT2D eigenvalue weighted by Gasteiger charge is 2.31. The zero-order valence-corrected chi connectivity index (χ0v) is 15.1. The lowest BCUT2D eigenvalue weighted by molar-refractivity contribution is 0.308. The van der Waals surface area contributed by atoms with Crippen LogP contribution in [0.4, 0.5) is 0 Å². The van der Waals surface area contributed by atoms with E-state index in [9.17, 15) is 16.8 Å². The average Bonchev–Trinajstić information content (AvgIpc) is 2.75. The van der Waals surface area contributed by atoms with Crippen LogP contribution in [-0.4, -0.2) is 68.7 Å². The van der Waals surface area contributed by atoms with Crippen LogP contribution < -0.4 is 4.72 Å². The summed E-state index contributed by atoms with van der Waals surface area (Å²) >= 11 is 0. The fraction of sp³-hybridized carbons (Fsp3) is 0.750. The predicted octanol–water partition coefficient (Wildman–Crippen LogP) is -0.939. The van der Waals surface area contributed by atoms with Crippen LogP contribution in [-0.2, 0) is 33.3 Å². The summed E-state index contributed by atoms with van der Waals surface area (Å²) in [5.41, 5.74) is 0.828. The Balaban J connectivity index is 2.17. The number of nitrogens with zero attached hydrogens (tertiary/aromatic N) is 4. The lowest BCUT2D eigenvalue weighted by Crippen LogP contribution is -2.41. The number of sulfonamides is 1. The number of hydrogen-bond donors (Lipinski definition) is 1. The van der Waals surface area contributed by atoms with E-state index in [0.717, 1.165) is 11.9 Å². The number of aromatic nitrogens is 2. The Bertz CT molecular complexity index is 741.